The molecular formula is C13H17BrN4S. The van der Waals surface area contributed by atoms with Crippen LogP contribution in [0.5, 0.6) is 0 Å². The molecule has 6 heteroatoms. The highest BCUT2D eigenvalue weighted by Gasteiger charge is 2.06. The van der Waals surface area contributed by atoms with Crippen molar-refractivity contribution in [3.8, 4) is 0 Å². The second kappa shape index (κ2) is 6.54. The zero-order valence-corrected chi connectivity index (χ0v) is 13.6. The molecule has 102 valence electrons. The van der Waals surface area contributed by atoms with Crippen LogP contribution in [0.25, 0.3) is 0 Å². The molecule has 0 radical (unpaired) electrons. The number of nitrogens with one attached hydrogen (secondary N) is 1. The van der Waals surface area contributed by atoms with Gasteiger partial charge in [0.2, 0.25) is 0 Å². The summed E-state index contributed by atoms with van der Waals surface area (Å²) < 4.78 is 3.03. The summed E-state index contributed by atoms with van der Waals surface area (Å²) >= 11 is 5.23. The number of benzene rings is 1. The molecule has 0 aliphatic heterocycles. The van der Waals surface area contributed by atoms with Gasteiger partial charge in [0.05, 0.1) is 0 Å². The molecule has 0 saturated heterocycles. The van der Waals surface area contributed by atoms with Crippen molar-refractivity contribution in [2.75, 3.05) is 0 Å². The van der Waals surface area contributed by atoms with Crippen LogP contribution < -0.4 is 5.32 Å². The molecule has 2 rings (SSSR count). The van der Waals surface area contributed by atoms with Gasteiger partial charge in [0, 0.05) is 29.0 Å². The standard InChI is InChI=1S/C13H17BrN4S/c1-9(2)15-7-10-4-5-11(6-12(10)14)19-13-17-16-8-18(13)3/h4-6,8-9,15H,7H2,1-3H3. The van der Waals surface area contributed by atoms with Crippen LogP contribution in [0, 0.1) is 0 Å². The van der Waals surface area contributed by atoms with Crippen LogP contribution in [0.15, 0.2) is 39.1 Å². The molecule has 0 amide bonds. The molecule has 0 bridgehead atoms. The summed E-state index contributed by atoms with van der Waals surface area (Å²) in [7, 11) is 1.94. The Kier molecular flexibility index (Phi) is 5.01. The lowest BCUT2D eigenvalue weighted by Crippen LogP contribution is -2.21. The Morgan fingerprint density at radius 3 is 2.79 bits per heavy atom. The first kappa shape index (κ1) is 14.6. The van der Waals surface area contributed by atoms with Gasteiger partial charge in [0.15, 0.2) is 5.16 Å². The summed E-state index contributed by atoms with van der Waals surface area (Å²) in [5.41, 5.74) is 1.26. The Morgan fingerprint density at radius 2 is 2.21 bits per heavy atom. The topological polar surface area (TPSA) is 42.7 Å². The first-order chi connectivity index (χ1) is 9.06. The minimum atomic E-state index is 0.486. The number of aryl methyl sites for hydroxylation is 1. The van der Waals surface area contributed by atoms with E-state index in [9.17, 15) is 0 Å². The van der Waals surface area contributed by atoms with Crippen molar-refractivity contribution in [3.63, 3.8) is 0 Å². The van der Waals surface area contributed by atoms with Crippen LogP contribution in [0.2, 0.25) is 0 Å². The summed E-state index contributed by atoms with van der Waals surface area (Å²) in [6.45, 7) is 5.16. The minimum absolute atomic E-state index is 0.486. The van der Waals surface area contributed by atoms with Crippen molar-refractivity contribution < 1.29 is 0 Å². The summed E-state index contributed by atoms with van der Waals surface area (Å²) in [5, 5.41) is 12.3. The highest BCUT2D eigenvalue weighted by atomic mass is 79.9. The predicted octanol–water partition coefficient (Wildman–Crippen LogP) is 3.23. The van der Waals surface area contributed by atoms with E-state index in [1.807, 2.05) is 11.6 Å². The van der Waals surface area contributed by atoms with E-state index in [-0.39, 0.29) is 0 Å². The SMILES string of the molecule is CC(C)NCc1ccc(Sc2nncn2C)cc1Br. The quantitative estimate of drug-likeness (QED) is 0.907. The van der Waals surface area contributed by atoms with E-state index in [1.54, 1.807) is 18.1 Å². The van der Waals surface area contributed by atoms with E-state index in [0.717, 1.165) is 21.1 Å². The van der Waals surface area contributed by atoms with E-state index < -0.39 is 0 Å². The molecule has 1 aromatic carbocycles. The lowest BCUT2D eigenvalue weighted by Gasteiger charge is -2.10. The van der Waals surface area contributed by atoms with E-state index in [0.29, 0.717) is 6.04 Å². The number of aromatic nitrogens is 3. The second-order valence-electron chi connectivity index (χ2n) is 4.62. The van der Waals surface area contributed by atoms with Gasteiger partial charge in [-0.1, -0.05) is 35.8 Å². The van der Waals surface area contributed by atoms with Crippen molar-refractivity contribution in [1.82, 2.24) is 20.1 Å². The highest BCUT2D eigenvalue weighted by molar-refractivity contribution is 9.10. The van der Waals surface area contributed by atoms with E-state index in [2.05, 4.69) is 63.5 Å². The molecule has 0 unspecified atom stereocenters. The van der Waals surface area contributed by atoms with Gasteiger partial charge in [-0.15, -0.1) is 10.2 Å². The van der Waals surface area contributed by atoms with Gasteiger partial charge in [-0.25, -0.2) is 0 Å². The fourth-order valence-electron chi connectivity index (χ4n) is 1.52. The van der Waals surface area contributed by atoms with E-state index in [4.69, 9.17) is 0 Å². The summed E-state index contributed by atoms with van der Waals surface area (Å²) in [6.07, 6.45) is 1.71. The van der Waals surface area contributed by atoms with Gasteiger partial charge >= 0.3 is 0 Å². The number of nitrogens with zero attached hydrogens (tertiary/aromatic N) is 3. The first-order valence-corrected chi connectivity index (χ1v) is 7.71. The Bertz CT molecular complexity index is 553. The zero-order valence-electron chi connectivity index (χ0n) is 11.2. The van der Waals surface area contributed by atoms with Crippen molar-refractivity contribution in [1.29, 1.82) is 0 Å². The average Bonchev–Trinajstić information content (AvgIpc) is 2.74. The molecule has 0 aliphatic rings. The largest absolute Gasteiger partial charge is 0.311 e. The number of rotatable bonds is 5. The fraction of sp³-hybridized carbons (Fsp3) is 0.385. The van der Waals surface area contributed by atoms with Crippen molar-refractivity contribution in [2.24, 2.45) is 7.05 Å². The normalized spacial score (nSPS) is 11.2. The van der Waals surface area contributed by atoms with Gasteiger partial charge in [-0.3, -0.25) is 0 Å². The molecule has 2 aromatic rings. The third-order valence-corrected chi connectivity index (χ3v) is 4.38. The first-order valence-electron chi connectivity index (χ1n) is 6.10. The smallest absolute Gasteiger partial charge is 0.195 e. The molecule has 4 nitrogen and oxygen atoms in total. The molecule has 0 saturated carbocycles. The third-order valence-electron chi connectivity index (χ3n) is 2.60. The summed E-state index contributed by atoms with van der Waals surface area (Å²) in [4.78, 5) is 1.15. The highest BCUT2D eigenvalue weighted by Crippen LogP contribution is 2.29. The van der Waals surface area contributed by atoms with E-state index in [1.165, 1.54) is 5.56 Å². The van der Waals surface area contributed by atoms with Gasteiger partial charge in [-0.05, 0) is 29.5 Å². The predicted molar refractivity (Wildman–Crippen MR) is 81.2 cm³/mol. The maximum absolute atomic E-state index is 4.07. The Labute approximate surface area is 126 Å². The summed E-state index contributed by atoms with van der Waals surface area (Å²) in [5.74, 6) is 0. The Balaban J connectivity index is 2.08. The lowest BCUT2D eigenvalue weighted by molar-refractivity contribution is 0.587. The molecular weight excluding hydrogens is 324 g/mol. The number of halogens is 1. The van der Waals surface area contributed by atoms with Crippen molar-refractivity contribution in [2.45, 2.75) is 36.5 Å². The monoisotopic (exact) mass is 340 g/mol. The fourth-order valence-corrected chi connectivity index (χ4v) is 2.99. The molecule has 1 heterocycles. The Hall–Kier alpha value is -0.850. The van der Waals surface area contributed by atoms with Gasteiger partial charge < -0.3 is 9.88 Å². The average molecular weight is 341 g/mol. The van der Waals surface area contributed by atoms with Crippen LogP contribution in [0.4, 0.5) is 0 Å². The van der Waals surface area contributed by atoms with Crippen LogP contribution >= 0.6 is 27.7 Å². The molecule has 19 heavy (non-hydrogen) atoms. The van der Waals surface area contributed by atoms with Crippen LogP contribution in [-0.4, -0.2) is 20.8 Å². The number of hydrogen-bond donors (Lipinski definition) is 1. The lowest BCUT2D eigenvalue weighted by atomic mass is 10.2. The number of hydrogen-bond acceptors (Lipinski definition) is 4. The Morgan fingerprint density at radius 1 is 1.42 bits per heavy atom. The van der Waals surface area contributed by atoms with E-state index >= 15 is 0 Å². The van der Waals surface area contributed by atoms with Crippen LogP contribution in [0.1, 0.15) is 19.4 Å². The van der Waals surface area contributed by atoms with Gasteiger partial charge in [0.1, 0.15) is 6.33 Å². The van der Waals surface area contributed by atoms with Gasteiger partial charge in [0.25, 0.3) is 0 Å². The maximum Gasteiger partial charge on any atom is 0.195 e. The molecule has 1 N–H and O–H groups in total. The van der Waals surface area contributed by atoms with Crippen molar-refractivity contribution in [3.05, 3.63) is 34.6 Å². The molecule has 1 aromatic heterocycles. The van der Waals surface area contributed by atoms with Crippen LogP contribution in [-0.2, 0) is 13.6 Å². The molecule has 0 spiro atoms. The molecule has 0 atom stereocenters. The zero-order chi connectivity index (χ0) is 13.8. The maximum atomic E-state index is 4.07. The molecule has 0 aliphatic carbocycles. The molecule has 0 fully saturated rings. The minimum Gasteiger partial charge on any atom is -0.311 e. The second-order valence-corrected chi connectivity index (χ2v) is 6.51. The van der Waals surface area contributed by atoms with Crippen molar-refractivity contribution >= 4 is 27.7 Å². The van der Waals surface area contributed by atoms with Gasteiger partial charge in [-0.2, -0.15) is 0 Å². The summed E-state index contributed by atoms with van der Waals surface area (Å²) in [6, 6.07) is 6.86. The van der Waals surface area contributed by atoms with Crippen LogP contribution in [0.3, 0.4) is 0 Å². The third kappa shape index (κ3) is 4.06.